The van der Waals surface area contributed by atoms with Crippen LogP contribution in [0.25, 0.3) is 10.2 Å². The number of amides is 2. The minimum Gasteiger partial charge on any atom is -0.307 e. The first-order chi connectivity index (χ1) is 10.6. The Bertz CT molecular complexity index is 845. The van der Waals surface area contributed by atoms with Gasteiger partial charge in [0, 0.05) is 18.7 Å². The number of pyridine rings is 1. The molecule has 3 aromatic rings. The quantitative estimate of drug-likeness (QED) is 0.779. The van der Waals surface area contributed by atoms with Crippen LogP contribution in [-0.4, -0.2) is 21.8 Å². The van der Waals surface area contributed by atoms with Crippen molar-refractivity contribution in [2.45, 2.75) is 6.92 Å². The second-order valence-electron chi connectivity index (χ2n) is 4.55. The molecule has 0 bridgehead atoms. The SMILES string of the molecule is CC(=O)Nc1nc2ccc(C(=O)Nc3ccccn3)cc2s1. The van der Waals surface area contributed by atoms with Crippen LogP contribution in [-0.2, 0) is 4.79 Å². The molecular formula is C15H12N4O2S. The molecule has 110 valence electrons. The number of thiazole rings is 1. The molecule has 6 nitrogen and oxygen atoms in total. The number of hydrogen-bond donors (Lipinski definition) is 2. The Balaban J connectivity index is 1.84. The average molecular weight is 312 g/mol. The van der Waals surface area contributed by atoms with Gasteiger partial charge in [-0.05, 0) is 30.3 Å². The van der Waals surface area contributed by atoms with Gasteiger partial charge in [-0.2, -0.15) is 0 Å². The fourth-order valence-corrected chi connectivity index (χ4v) is 2.85. The number of hydrogen-bond acceptors (Lipinski definition) is 5. The smallest absolute Gasteiger partial charge is 0.256 e. The molecule has 2 aromatic heterocycles. The van der Waals surface area contributed by atoms with Crippen LogP contribution >= 0.6 is 11.3 Å². The lowest BCUT2D eigenvalue weighted by Crippen LogP contribution is -2.12. The standard InChI is InChI=1S/C15H12N4O2S/c1-9(20)17-15-18-11-6-5-10(8-12(11)22-15)14(21)19-13-4-2-3-7-16-13/h2-8H,1H3,(H,16,19,21)(H,17,18,20). The van der Waals surface area contributed by atoms with Crippen molar-refractivity contribution in [3.63, 3.8) is 0 Å². The van der Waals surface area contributed by atoms with Crippen LogP contribution in [0.4, 0.5) is 10.9 Å². The molecule has 0 saturated carbocycles. The van der Waals surface area contributed by atoms with Gasteiger partial charge in [0.25, 0.3) is 5.91 Å². The third-order valence-electron chi connectivity index (χ3n) is 2.84. The van der Waals surface area contributed by atoms with Gasteiger partial charge in [-0.1, -0.05) is 17.4 Å². The van der Waals surface area contributed by atoms with Gasteiger partial charge < -0.3 is 10.6 Å². The van der Waals surface area contributed by atoms with Crippen molar-refractivity contribution in [1.29, 1.82) is 0 Å². The Morgan fingerprint density at radius 3 is 2.73 bits per heavy atom. The zero-order chi connectivity index (χ0) is 15.5. The lowest BCUT2D eigenvalue weighted by molar-refractivity contribution is -0.114. The molecule has 0 aliphatic rings. The van der Waals surface area contributed by atoms with E-state index in [0.29, 0.717) is 16.5 Å². The monoisotopic (exact) mass is 312 g/mol. The van der Waals surface area contributed by atoms with Crippen LogP contribution in [0.1, 0.15) is 17.3 Å². The van der Waals surface area contributed by atoms with Crippen molar-refractivity contribution >= 4 is 44.3 Å². The summed E-state index contributed by atoms with van der Waals surface area (Å²) in [5.74, 6) is 0.0816. The van der Waals surface area contributed by atoms with Gasteiger partial charge in [-0.3, -0.25) is 9.59 Å². The van der Waals surface area contributed by atoms with E-state index >= 15 is 0 Å². The van der Waals surface area contributed by atoms with Crippen LogP contribution in [0, 0.1) is 0 Å². The maximum absolute atomic E-state index is 12.2. The normalized spacial score (nSPS) is 10.4. The molecule has 2 amide bonds. The van der Waals surface area contributed by atoms with Gasteiger partial charge in [0.1, 0.15) is 5.82 Å². The molecule has 7 heteroatoms. The number of anilines is 2. The van der Waals surface area contributed by atoms with E-state index in [0.717, 1.165) is 10.2 Å². The first kappa shape index (κ1) is 14.2. The van der Waals surface area contributed by atoms with Crippen LogP contribution in [0.5, 0.6) is 0 Å². The first-order valence-electron chi connectivity index (χ1n) is 6.52. The summed E-state index contributed by atoms with van der Waals surface area (Å²) in [4.78, 5) is 31.6. The highest BCUT2D eigenvalue weighted by atomic mass is 32.1. The van der Waals surface area contributed by atoms with E-state index in [4.69, 9.17) is 0 Å². The summed E-state index contributed by atoms with van der Waals surface area (Å²) >= 11 is 1.32. The number of fused-ring (bicyclic) bond motifs is 1. The van der Waals surface area contributed by atoms with E-state index in [1.807, 2.05) is 0 Å². The summed E-state index contributed by atoms with van der Waals surface area (Å²) < 4.78 is 0.831. The number of benzene rings is 1. The summed E-state index contributed by atoms with van der Waals surface area (Å²) in [6.45, 7) is 1.43. The Hall–Kier alpha value is -2.80. The Morgan fingerprint density at radius 2 is 2.00 bits per heavy atom. The molecule has 0 atom stereocenters. The van der Waals surface area contributed by atoms with E-state index in [2.05, 4.69) is 20.6 Å². The van der Waals surface area contributed by atoms with E-state index in [9.17, 15) is 9.59 Å². The molecule has 3 rings (SSSR count). The fraction of sp³-hybridized carbons (Fsp3) is 0.0667. The molecule has 0 unspecified atom stereocenters. The number of aromatic nitrogens is 2. The molecule has 0 aliphatic heterocycles. The second kappa shape index (κ2) is 5.90. The van der Waals surface area contributed by atoms with Crippen molar-refractivity contribution in [2.75, 3.05) is 10.6 Å². The molecule has 0 radical (unpaired) electrons. The average Bonchev–Trinajstić information content (AvgIpc) is 2.88. The zero-order valence-electron chi connectivity index (χ0n) is 11.7. The van der Waals surface area contributed by atoms with E-state index < -0.39 is 0 Å². The van der Waals surface area contributed by atoms with Gasteiger partial charge in [-0.25, -0.2) is 9.97 Å². The van der Waals surface area contributed by atoms with Gasteiger partial charge in [-0.15, -0.1) is 0 Å². The molecule has 2 heterocycles. The predicted molar refractivity (Wildman–Crippen MR) is 86.1 cm³/mol. The number of carbonyl (C=O) groups is 2. The summed E-state index contributed by atoms with van der Waals surface area (Å²) in [5, 5.41) is 5.89. The minimum absolute atomic E-state index is 0.174. The number of rotatable bonds is 3. The summed E-state index contributed by atoms with van der Waals surface area (Å²) in [6, 6.07) is 10.5. The third-order valence-corrected chi connectivity index (χ3v) is 3.77. The second-order valence-corrected chi connectivity index (χ2v) is 5.58. The number of nitrogens with one attached hydrogen (secondary N) is 2. The summed E-state index contributed by atoms with van der Waals surface area (Å²) in [5.41, 5.74) is 1.25. The van der Waals surface area contributed by atoms with E-state index in [-0.39, 0.29) is 11.8 Å². The lowest BCUT2D eigenvalue weighted by Gasteiger charge is -2.03. The Labute approximate surface area is 130 Å². The highest BCUT2D eigenvalue weighted by molar-refractivity contribution is 7.22. The largest absolute Gasteiger partial charge is 0.307 e. The Morgan fingerprint density at radius 1 is 1.14 bits per heavy atom. The number of nitrogens with zero attached hydrogens (tertiary/aromatic N) is 2. The predicted octanol–water partition coefficient (Wildman–Crippen LogP) is 2.90. The van der Waals surface area contributed by atoms with Crippen LogP contribution in [0.2, 0.25) is 0 Å². The lowest BCUT2D eigenvalue weighted by atomic mass is 10.2. The molecule has 0 aliphatic carbocycles. The van der Waals surface area contributed by atoms with Crippen LogP contribution < -0.4 is 10.6 Å². The van der Waals surface area contributed by atoms with E-state index in [1.165, 1.54) is 18.3 Å². The fourth-order valence-electron chi connectivity index (χ4n) is 1.90. The Kier molecular flexibility index (Phi) is 3.80. The molecule has 22 heavy (non-hydrogen) atoms. The highest BCUT2D eigenvalue weighted by Gasteiger charge is 2.10. The highest BCUT2D eigenvalue weighted by Crippen LogP contribution is 2.27. The third kappa shape index (κ3) is 3.09. The van der Waals surface area contributed by atoms with Crippen molar-refractivity contribution in [2.24, 2.45) is 0 Å². The molecule has 0 saturated heterocycles. The van der Waals surface area contributed by atoms with Crippen molar-refractivity contribution in [3.8, 4) is 0 Å². The van der Waals surface area contributed by atoms with Crippen LogP contribution in [0.3, 0.4) is 0 Å². The molecule has 2 N–H and O–H groups in total. The summed E-state index contributed by atoms with van der Waals surface area (Å²) in [7, 11) is 0. The summed E-state index contributed by atoms with van der Waals surface area (Å²) in [6.07, 6.45) is 1.61. The van der Waals surface area contributed by atoms with Crippen molar-refractivity contribution in [1.82, 2.24) is 9.97 Å². The van der Waals surface area contributed by atoms with Gasteiger partial charge in [0.15, 0.2) is 5.13 Å². The molecule has 0 fully saturated rings. The van der Waals surface area contributed by atoms with Gasteiger partial charge >= 0.3 is 0 Å². The zero-order valence-corrected chi connectivity index (χ0v) is 12.5. The number of carbonyl (C=O) groups excluding carboxylic acids is 2. The molecule has 1 aromatic carbocycles. The van der Waals surface area contributed by atoms with E-state index in [1.54, 1.807) is 42.6 Å². The topological polar surface area (TPSA) is 84.0 Å². The minimum atomic E-state index is -0.241. The van der Waals surface area contributed by atoms with Crippen molar-refractivity contribution < 1.29 is 9.59 Å². The molecule has 0 spiro atoms. The maximum atomic E-state index is 12.2. The van der Waals surface area contributed by atoms with Gasteiger partial charge in [0.05, 0.1) is 10.2 Å². The first-order valence-corrected chi connectivity index (χ1v) is 7.34. The maximum Gasteiger partial charge on any atom is 0.256 e. The van der Waals surface area contributed by atoms with Gasteiger partial charge in [0.2, 0.25) is 5.91 Å². The molecular weight excluding hydrogens is 300 g/mol. The van der Waals surface area contributed by atoms with Crippen molar-refractivity contribution in [3.05, 3.63) is 48.2 Å². The van der Waals surface area contributed by atoms with Crippen LogP contribution in [0.15, 0.2) is 42.6 Å².